The van der Waals surface area contributed by atoms with E-state index in [0.717, 1.165) is 16.1 Å². The molecule has 32 heavy (non-hydrogen) atoms. The van der Waals surface area contributed by atoms with E-state index in [1.54, 1.807) is 57.4 Å². The van der Waals surface area contributed by atoms with Crippen LogP contribution in [-0.2, 0) is 26.2 Å². The van der Waals surface area contributed by atoms with Gasteiger partial charge in [-0.25, -0.2) is 8.42 Å². The highest BCUT2D eigenvalue weighted by Gasteiger charge is 2.30. The lowest BCUT2D eigenvalue weighted by Crippen LogP contribution is -2.50. The highest BCUT2D eigenvalue weighted by molar-refractivity contribution is 7.92. The van der Waals surface area contributed by atoms with Crippen LogP contribution in [-0.4, -0.2) is 58.1 Å². The molecule has 0 saturated heterocycles. The van der Waals surface area contributed by atoms with Gasteiger partial charge in [0.05, 0.1) is 19.1 Å². The molecule has 1 atom stereocenters. The Morgan fingerprint density at radius 3 is 2.31 bits per heavy atom. The van der Waals surface area contributed by atoms with Crippen molar-refractivity contribution in [2.24, 2.45) is 0 Å². The molecule has 0 saturated carbocycles. The molecule has 1 N–H and O–H groups in total. The molecule has 0 spiro atoms. The summed E-state index contributed by atoms with van der Waals surface area (Å²) in [5.74, 6) is -0.232. The van der Waals surface area contributed by atoms with Gasteiger partial charge in [0.25, 0.3) is 0 Å². The van der Waals surface area contributed by atoms with Crippen molar-refractivity contribution in [3.63, 3.8) is 0 Å². The Bertz CT molecular complexity index is 1070. The van der Waals surface area contributed by atoms with Crippen molar-refractivity contribution in [2.45, 2.75) is 26.4 Å². The second kappa shape index (κ2) is 10.7. The average Bonchev–Trinajstić information content (AvgIpc) is 2.76. The highest BCUT2D eigenvalue weighted by Crippen LogP contribution is 2.26. The number of benzene rings is 2. The number of nitrogens with one attached hydrogen (secondary N) is 1. The van der Waals surface area contributed by atoms with E-state index < -0.39 is 28.5 Å². The van der Waals surface area contributed by atoms with E-state index in [0.29, 0.717) is 22.0 Å². The molecule has 0 heterocycles. The van der Waals surface area contributed by atoms with Crippen molar-refractivity contribution in [2.75, 3.05) is 31.3 Å². The van der Waals surface area contributed by atoms with E-state index in [4.69, 9.17) is 16.3 Å². The second-order valence-corrected chi connectivity index (χ2v) is 9.70. The zero-order valence-electron chi connectivity index (χ0n) is 18.8. The zero-order chi connectivity index (χ0) is 24.1. The first-order chi connectivity index (χ1) is 15.0. The Kier molecular flexibility index (Phi) is 8.51. The minimum atomic E-state index is -3.81. The average molecular weight is 482 g/mol. The molecule has 174 valence electrons. The predicted molar refractivity (Wildman–Crippen MR) is 125 cm³/mol. The molecule has 0 aliphatic heterocycles. The minimum absolute atomic E-state index is 0.115. The molecule has 2 rings (SSSR count). The first-order valence-corrected chi connectivity index (χ1v) is 12.1. The number of aryl methyl sites for hydroxylation is 1. The monoisotopic (exact) mass is 481 g/mol. The van der Waals surface area contributed by atoms with Crippen molar-refractivity contribution in [1.29, 1.82) is 0 Å². The van der Waals surface area contributed by atoms with Gasteiger partial charge in [-0.3, -0.25) is 13.9 Å². The van der Waals surface area contributed by atoms with Crippen LogP contribution in [0.4, 0.5) is 5.69 Å². The van der Waals surface area contributed by atoms with Gasteiger partial charge in [0, 0.05) is 18.6 Å². The van der Waals surface area contributed by atoms with Gasteiger partial charge in [-0.1, -0.05) is 29.8 Å². The van der Waals surface area contributed by atoms with Crippen LogP contribution >= 0.6 is 11.6 Å². The fourth-order valence-corrected chi connectivity index (χ4v) is 4.23. The molecule has 8 nitrogen and oxygen atoms in total. The number of carbonyl (C=O) groups excluding carboxylic acids is 2. The van der Waals surface area contributed by atoms with Crippen LogP contribution < -0.4 is 14.4 Å². The molecule has 2 amide bonds. The van der Waals surface area contributed by atoms with Crippen LogP contribution in [0.25, 0.3) is 0 Å². The Morgan fingerprint density at radius 1 is 1.16 bits per heavy atom. The van der Waals surface area contributed by atoms with Crippen LogP contribution in [0.1, 0.15) is 18.1 Å². The number of amides is 2. The van der Waals surface area contributed by atoms with E-state index >= 15 is 0 Å². The topological polar surface area (TPSA) is 96.0 Å². The van der Waals surface area contributed by atoms with Crippen molar-refractivity contribution in [1.82, 2.24) is 10.2 Å². The van der Waals surface area contributed by atoms with Crippen LogP contribution in [0.3, 0.4) is 0 Å². The highest BCUT2D eigenvalue weighted by atomic mass is 35.5. The summed E-state index contributed by atoms with van der Waals surface area (Å²) in [5.41, 5.74) is 1.72. The number of nitrogens with zero attached hydrogens (tertiary/aromatic N) is 2. The third-order valence-electron chi connectivity index (χ3n) is 5.04. The maximum atomic E-state index is 13.3. The molecule has 0 aliphatic carbocycles. The molecule has 0 bridgehead atoms. The third kappa shape index (κ3) is 6.37. The SMILES string of the molecule is CNC(=O)[C@@H](C)N(Cc1ccc(OC)cc1)C(=O)CN(c1cc(Cl)ccc1C)S(C)(=O)=O. The van der Waals surface area contributed by atoms with E-state index in [-0.39, 0.29) is 12.5 Å². The normalized spacial score (nSPS) is 12.1. The molecule has 0 fully saturated rings. The Balaban J connectivity index is 2.41. The van der Waals surface area contributed by atoms with Gasteiger partial charge < -0.3 is 15.0 Å². The maximum absolute atomic E-state index is 13.3. The van der Waals surface area contributed by atoms with Crippen LogP contribution in [0.15, 0.2) is 42.5 Å². The molecular formula is C22H28ClN3O5S. The quantitative estimate of drug-likeness (QED) is 0.594. The fraction of sp³-hybridized carbons (Fsp3) is 0.364. The Hall–Kier alpha value is -2.78. The Morgan fingerprint density at radius 2 is 1.78 bits per heavy atom. The molecule has 0 unspecified atom stereocenters. The maximum Gasteiger partial charge on any atom is 0.244 e. The van der Waals surface area contributed by atoms with E-state index in [1.807, 2.05) is 0 Å². The lowest BCUT2D eigenvalue weighted by Gasteiger charge is -2.31. The van der Waals surface area contributed by atoms with Gasteiger partial charge >= 0.3 is 0 Å². The van der Waals surface area contributed by atoms with Gasteiger partial charge in [0.2, 0.25) is 21.8 Å². The Labute approximate surface area is 194 Å². The summed E-state index contributed by atoms with van der Waals surface area (Å²) in [6.07, 6.45) is 1.02. The largest absolute Gasteiger partial charge is 0.497 e. The third-order valence-corrected chi connectivity index (χ3v) is 6.41. The second-order valence-electron chi connectivity index (χ2n) is 7.36. The first-order valence-electron chi connectivity index (χ1n) is 9.85. The summed E-state index contributed by atoms with van der Waals surface area (Å²) < 4.78 is 31.3. The van der Waals surface area contributed by atoms with Gasteiger partial charge in [0.15, 0.2) is 0 Å². The molecule has 2 aromatic carbocycles. The number of hydrogen-bond acceptors (Lipinski definition) is 5. The summed E-state index contributed by atoms with van der Waals surface area (Å²) >= 11 is 6.07. The van der Waals surface area contributed by atoms with Crippen LogP contribution in [0.5, 0.6) is 5.75 Å². The number of likely N-dealkylation sites (N-methyl/N-ethyl adjacent to an activating group) is 1. The summed E-state index contributed by atoms with van der Waals surface area (Å²) in [4.78, 5) is 27.0. The fourth-order valence-electron chi connectivity index (χ4n) is 3.17. The molecule has 2 aromatic rings. The van der Waals surface area contributed by atoms with Gasteiger partial charge in [-0.05, 0) is 49.2 Å². The summed E-state index contributed by atoms with van der Waals surface area (Å²) in [5, 5.41) is 2.88. The molecule has 0 radical (unpaired) electrons. The number of methoxy groups -OCH3 is 1. The number of sulfonamides is 1. The van der Waals surface area contributed by atoms with Gasteiger partial charge in [-0.2, -0.15) is 0 Å². The number of hydrogen-bond donors (Lipinski definition) is 1. The number of ether oxygens (including phenoxy) is 1. The van der Waals surface area contributed by atoms with E-state index in [9.17, 15) is 18.0 Å². The number of carbonyl (C=O) groups is 2. The predicted octanol–water partition coefficient (Wildman–Crippen LogP) is 2.59. The van der Waals surface area contributed by atoms with Crippen molar-refractivity contribution in [3.05, 3.63) is 58.6 Å². The number of anilines is 1. The minimum Gasteiger partial charge on any atom is -0.497 e. The van der Waals surface area contributed by atoms with Gasteiger partial charge in [-0.15, -0.1) is 0 Å². The smallest absolute Gasteiger partial charge is 0.244 e. The van der Waals surface area contributed by atoms with Crippen LogP contribution in [0, 0.1) is 6.92 Å². The molecule has 10 heteroatoms. The first kappa shape index (κ1) is 25.5. The lowest BCUT2D eigenvalue weighted by atomic mass is 10.1. The summed E-state index contributed by atoms with van der Waals surface area (Å²) in [6, 6.07) is 11.1. The summed E-state index contributed by atoms with van der Waals surface area (Å²) in [7, 11) is -0.778. The number of halogens is 1. The molecular weight excluding hydrogens is 454 g/mol. The number of rotatable bonds is 9. The van der Waals surface area contributed by atoms with E-state index in [2.05, 4.69) is 5.32 Å². The zero-order valence-corrected chi connectivity index (χ0v) is 20.3. The lowest BCUT2D eigenvalue weighted by molar-refractivity contribution is -0.139. The molecule has 0 aliphatic rings. The van der Waals surface area contributed by atoms with Crippen molar-refractivity contribution in [3.8, 4) is 5.75 Å². The van der Waals surface area contributed by atoms with E-state index in [1.165, 1.54) is 18.0 Å². The van der Waals surface area contributed by atoms with Crippen LogP contribution in [0.2, 0.25) is 5.02 Å². The van der Waals surface area contributed by atoms with Crippen molar-refractivity contribution < 1.29 is 22.7 Å². The van der Waals surface area contributed by atoms with Crippen molar-refractivity contribution >= 4 is 39.1 Å². The molecule has 0 aromatic heterocycles. The summed E-state index contributed by atoms with van der Waals surface area (Å²) in [6.45, 7) is 2.97. The van der Waals surface area contributed by atoms with Gasteiger partial charge in [0.1, 0.15) is 18.3 Å². The standard InChI is InChI=1S/C22H28ClN3O5S/c1-15-6-9-18(23)12-20(15)26(32(5,29)30)14-21(27)25(16(2)22(28)24-3)13-17-7-10-19(31-4)11-8-17/h6-12,16H,13-14H2,1-5H3,(H,24,28)/t16-/m1/s1.